The van der Waals surface area contributed by atoms with Gasteiger partial charge in [-0.15, -0.1) is 0 Å². The number of likely N-dealkylation sites (tertiary alicyclic amines) is 1. The van der Waals surface area contributed by atoms with Gasteiger partial charge < -0.3 is 19.8 Å². The van der Waals surface area contributed by atoms with Gasteiger partial charge in [0.2, 0.25) is 0 Å². The number of alkyl halides is 3. The monoisotopic (exact) mass is 337 g/mol. The fourth-order valence-electron chi connectivity index (χ4n) is 2.46. The number of ether oxygens (including phenoxy) is 1. The molecule has 0 aromatic heterocycles. The average Bonchev–Trinajstić information content (AvgIpc) is 2.48. The van der Waals surface area contributed by atoms with Crippen LogP contribution in [0.25, 0.3) is 0 Å². The second-order valence-corrected chi connectivity index (χ2v) is 5.75. The second kappa shape index (κ2) is 7.02. The number of halogens is 4. The smallest absolute Gasteiger partial charge is 0.417 e. The molecule has 1 fully saturated rings. The first-order chi connectivity index (χ1) is 10.7. The van der Waals surface area contributed by atoms with Crippen molar-refractivity contribution in [2.24, 2.45) is 0 Å². The Kier molecular flexibility index (Phi) is 5.49. The molecule has 4 nitrogen and oxygen atoms in total. The van der Waals surface area contributed by atoms with E-state index in [1.807, 2.05) is 0 Å². The van der Waals surface area contributed by atoms with Crippen LogP contribution in [0, 0.1) is 5.82 Å². The van der Waals surface area contributed by atoms with Gasteiger partial charge in [-0.05, 0) is 37.1 Å². The lowest BCUT2D eigenvalue weighted by Crippen LogP contribution is -2.54. The summed E-state index contributed by atoms with van der Waals surface area (Å²) in [4.78, 5) is 1.65. The maximum absolute atomic E-state index is 12.7. The van der Waals surface area contributed by atoms with E-state index >= 15 is 0 Å². The van der Waals surface area contributed by atoms with E-state index in [2.05, 4.69) is 0 Å². The molecule has 1 aliphatic rings. The average molecular weight is 337 g/mol. The summed E-state index contributed by atoms with van der Waals surface area (Å²) in [7, 11) is 0. The Balaban J connectivity index is 1.74. The first-order valence-electron chi connectivity index (χ1n) is 7.27. The minimum absolute atomic E-state index is 0.0453. The molecule has 1 aliphatic heterocycles. The highest BCUT2D eigenvalue weighted by Gasteiger charge is 2.54. The van der Waals surface area contributed by atoms with Crippen LogP contribution in [-0.2, 0) is 0 Å². The molecule has 0 aliphatic carbocycles. The number of hydrogen-bond donors (Lipinski definition) is 2. The number of piperidine rings is 1. The van der Waals surface area contributed by atoms with Gasteiger partial charge in [-0.1, -0.05) is 0 Å². The lowest BCUT2D eigenvalue weighted by atomic mass is 9.90. The zero-order chi connectivity index (χ0) is 17.1. The summed E-state index contributed by atoms with van der Waals surface area (Å²) in [5.74, 6) is -0.00101. The van der Waals surface area contributed by atoms with E-state index in [9.17, 15) is 27.8 Å². The molecule has 1 unspecified atom stereocenters. The van der Waals surface area contributed by atoms with Crippen LogP contribution in [-0.4, -0.2) is 59.2 Å². The summed E-state index contributed by atoms with van der Waals surface area (Å²) in [6, 6.07) is 5.30. The summed E-state index contributed by atoms with van der Waals surface area (Å²) < 4.78 is 56.1. The van der Waals surface area contributed by atoms with E-state index in [0.29, 0.717) is 5.75 Å². The molecule has 0 saturated carbocycles. The van der Waals surface area contributed by atoms with Gasteiger partial charge >= 0.3 is 6.18 Å². The Morgan fingerprint density at radius 1 is 1.17 bits per heavy atom. The van der Waals surface area contributed by atoms with Crippen molar-refractivity contribution >= 4 is 0 Å². The molecule has 1 aromatic rings. The van der Waals surface area contributed by atoms with Gasteiger partial charge in [-0.25, -0.2) is 4.39 Å². The third kappa shape index (κ3) is 4.79. The molecular formula is C15H19F4NO3. The minimum atomic E-state index is -4.64. The molecule has 0 spiro atoms. The summed E-state index contributed by atoms with van der Waals surface area (Å²) in [5, 5.41) is 19.4. The molecule has 130 valence electrons. The fourth-order valence-corrected chi connectivity index (χ4v) is 2.46. The maximum Gasteiger partial charge on any atom is 0.417 e. The normalized spacial score (nSPS) is 20.3. The highest BCUT2D eigenvalue weighted by Crippen LogP contribution is 2.38. The first kappa shape index (κ1) is 18.0. The summed E-state index contributed by atoms with van der Waals surface area (Å²) in [6.07, 6.45) is -6.36. The Labute approximate surface area is 131 Å². The SMILES string of the molecule is OC(COc1ccc(F)cc1)CN1CCC(O)(C(F)(F)F)CC1. The summed E-state index contributed by atoms with van der Waals surface area (Å²) in [5.41, 5.74) is -2.64. The van der Waals surface area contributed by atoms with E-state index in [1.165, 1.54) is 24.3 Å². The predicted molar refractivity (Wildman–Crippen MR) is 74.6 cm³/mol. The number of rotatable bonds is 5. The van der Waals surface area contributed by atoms with Crippen molar-refractivity contribution in [3.8, 4) is 5.75 Å². The van der Waals surface area contributed by atoms with Crippen LogP contribution in [0.15, 0.2) is 24.3 Å². The van der Waals surface area contributed by atoms with Gasteiger partial charge in [0.05, 0.1) is 0 Å². The molecule has 2 N–H and O–H groups in total. The molecule has 2 rings (SSSR count). The number of nitrogens with zero attached hydrogens (tertiary/aromatic N) is 1. The van der Waals surface area contributed by atoms with E-state index in [0.717, 1.165) is 0 Å². The van der Waals surface area contributed by atoms with Crippen molar-refractivity contribution in [3.63, 3.8) is 0 Å². The van der Waals surface area contributed by atoms with E-state index in [1.54, 1.807) is 4.90 Å². The van der Waals surface area contributed by atoms with Gasteiger partial charge in [0, 0.05) is 19.6 Å². The van der Waals surface area contributed by atoms with Gasteiger partial charge in [-0.3, -0.25) is 0 Å². The standard InChI is InChI=1S/C15H19F4NO3/c16-11-1-3-13(4-2-11)23-10-12(21)9-20-7-5-14(22,6-8-20)15(17,18)19/h1-4,12,21-22H,5-10H2. The third-order valence-corrected chi connectivity index (χ3v) is 3.94. The topological polar surface area (TPSA) is 52.9 Å². The largest absolute Gasteiger partial charge is 0.491 e. The van der Waals surface area contributed by atoms with Crippen molar-refractivity contribution in [2.75, 3.05) is 26.2 Å². The van der Waals surface area contributed by atoms with Crippen LogP contribution < -0.4 is 4.74 Å². The molecule has 1 heterocycles. The van der Waals surface area contributed by atoms with Crippen molar-refractivity contribution in [1.82, 2.24) is 4.90 Å². The fraction of sp³-hybridized carbons (Fsp3) is 0.600. The summed E-state index contributed by atoms with van der Waals surface area (Å²) in [6.45, 7) is 0.189. The zero-order valence-corrected chi connectivity index (χ0v) is 12.4. The van der Waals surface area contributed by atoms with Crippen molar-refractivity contribution in [2.45, 2.75) is 30.7 Å². The second-order valence-electron chi connectivity index (χ2n) is 5.75. The van der Waals surface area contributed by atoms with Crippen molar-refractivity contribution < 1.29 is 32.5 Å². The number of β-amino-alcohol motifs (C(OH)–C–C–N with tert-alkyl or cyclic N) is 1. The molecule has 23 heavy (non-hydrogen) atoms. The van der Waals surface area contributed by atoms with Gasteiger partial charge in [0.25, 0.3) is 0 Å². The molecule has 0 bridgehead atoms. The Bertz CT molecular complexity index is 498. The van der Waals surface area contributed by atoms with E-state index < -0.39 is 36.5 Å². The van der Waals surface area contributed by atoms with Crippen LogP contribution >= 0.6 is 0 Å². The van der Waals surface area contributed by atoms with Crippen LogP contribution in [0.4, 0.5) is 17.6 Å². The Morgan fingerprint density at radius 2 is 1.74 bits per heavy atom. The number of aliphatic hydroxyl groups excluding tert-OH is 1. The van der Waals surface area contributed by atoms with Crippen LogP contribution in [0.2, 0.25) is 0 Å². The third-order valence-electron chi connectivity index (χ3n) is 3.94. The number of aliphatic hydroxyl groups is 2. The molecule has 0 radical (unpaired) electrons. The molecule has 1 atom stereocenters. The lowest BCUT2D eigenvalue weighted by Gasteiger charge is -2.39. The van der Waals surface area contributed by atoms with Gasteiger partial charge in [0.15, 0.2) is 5.60 Å². The Hall–Kier alpha value is -1.38. The van der Waals surface area contributed by atoms with E-state index in [-0.39, 0.29) is 26.2 Å². The predicted octanol–water partition coefficient (Wildman–Crippen LogP) is 1.95. The molecule has 0 amide bonds. The number of hydrogen-bond acceptors (Lipinski definition) is 4. The highest BCUT2D eigenvalue weighted by atomic mass is 19.4. The summed E-state index contributed by atoms with van der Waals surface area (Å²) >= 11 is 0. The zero-order valence-electron chi connectivity index (χ0n) is 12.4. The van der Waals surface area contributed by atoms with Crippen molar-refractivity contribution in [3.05, 3.63) is 30.1 Å². The lowest BCUT2D eigenvalue weighted by molar-refractivity contribution is -0.273. The maximum atomic E-state index is 12.7. The first-order valence-corrected chi connectivity index (χ1v) is 7.27. The Morgan fingerprint density at radius 3 is 2.26 bits per heavy atom. The van der Waals surface area contributed by atoms with Crippen LogP contribution in [0.3, 0.4) is 0 Å². The molecule has 8 heteroatoms. The highest BCUT2D eigenvalue weighted by molar-refractivity contribution is 5.22. The van der Waals surface area contributed by atoms with Crippen LogP contribution in [0.5, 0.6) is 5.75 Å². The van der Waals surface area contributed by atoms with Gasteiger partial charge in [0.1, 0.15) is 24.3 Å². The van der Waals surface area contributed by atoms with Gasteiger partial charge in [-0.2, -0.15) is 13.2 Å². The van der Waals surface area contributed by atoms with Crippen molar-refractivity contribution in [1.29, 1.82) is 0 Å². The molecule has 1 saturated heterocycles. The molecular weight excluding hydrogens is 318 g/mol. The molecule has 1 aromatic carbocycles. The quantitative estimate of drug-likeness (QED) is 0.807. The minimum Gasteiger partial charge on any atom is -0.491 e. The van der Waals surface area contributed by atoms with Crippen LogP contribution in [0.1, 0.15) is 12.8 Å². The van der Waals surface area contributed by atoms with E-state index in [4.69, 9.17) is 4.74 Å². The number of benzene rings is 1.